The second-order valence-electron chi connectivity index (χ2n) is 7.38. The van der Waals surface area contributed by atoms with Crippen LogP contribution in [-0.2, 0) is 9.47 Å². The summed E-state index contributed by atoms with van der Waals surface area (Å²) in [7, 11) is 0. The number of benzene rings is 3. The molecule has 3 aromatic carbocycles. The summed E-state index contributed by atoms with van der Waals surface area (Å²) in [6, 6.07) is 32.0. The Hall–Kier alpha value is -2.80. The van der Waals surface area contributed by atoms with Gasteiger partial charge in [-0.15, -0.1) is 0 Å². The molecule has 154 valence electrons. The molecular weight excluding hydrogens is 387 g/mol. The van der Waals surface area contributed by atoms with Crippen molar-refractivity contribution in [2.75, 3.05) is 13.2 Å². The SMILES string of the molecule is C=C(C)COC=C(C)COC=P(c1ccccc1)(c1ccccc1)c1ccccc1. The van der Waals surface area contributed by atoms with Crippen molar-refractivity contribution in [2.45, 2.75) is 13.8 Å². The van der Waals surface area contributed by atoms with E-state index in [-0.39, 0.29) is 0 Å². The minimum atomic E-state index is -2.08. The predicted molar refractivity (Wildman–Crippen MR) is 132 cm³/mol. The molecule has 2 nitrogen and oxygen atoms in total. The van der Waals surface area contributed by atoms with Crippen LogP contribution in [0.15, 0.2) is 115 Å². The van der Waals surface area contributed by atoms with E-state index in [0.717, 1.165) is 11.1 Å². The van der Waals surface area contributed by atoms with Gasteiger partial charge in [0.15, 0.2) is 0 Å². The highest BCUT2D eigenvalue weighted by Crippen LogP contribution is 2.43. The van der Waals surface area contributed by atoms with Crippen molar-refractivity contribution in [1.82, 2.24) is 0 Å². The molecule has 0 heterocycles. The minimum absolute atomic E-state index is 0.477. The second-order valence-corrected chi connectivity index (χ2v) is 10.6. The van der Waals surface area contributed by atoms with Crippen LogP contribution in [0.25, 0.3) is 0 Å². The fourth-order valence-corrected chi connectivity index (χ4v) is 6.74. The first-order chi connectivity index (χ1) is 14.6. The Bertz CT molecular complexity index is 919. The lowest BCUT2D eigenvalue weighted by Crippen LogP contribution is -2.27. The average Bonchev–Trinajstić information content (AvgIpc) is 2.78. The van der Waals surface area contributed by atoms with E-state index in [0.29, 0.717) is 13.2 Å². The van der Waals surface area contributed by atoms with Gasteiger partial charge in [0, 0.05) is 5.98 Å². The van der Waals surface area contributed by atoms with E-state index < -0.39 is 6.89 Å². The van der Waals surface area contributed by atoms with Crippen LogP contribution in [0.4, 0.5) is 0 Å². The molecule has 0 aliphatic carbocycles. The summed E-state index contributed by atoms with van der Waals surface area (Å²) in [4.78, 5) is 0. The first kappa shape index (κ1) is 21.9. The molecule has 0 radical (unpaired) electrons. The molecule has 3 rings (SSSR count). The Labute approximate surface area is 180 Å². The third kappa shape index (κ3) is 5.42. The van der Waals surface area contributed by atoms with E-state index in [1.165, 1.54) is 15.9 Å². The molecule has 3 heteroatoms. The molecule has 0 unspecified atom stereocenters. The van der Waals surface area contributed by atoms with E-state index in [4.69, 9.17) is 9.47 Å². The average molecular weight is 417 g/mol. The van der Waals surface area contributed by atoms with Crippen LogP contribution >= 0.6 is 6.89 Å². The summed E-state index contributed by atoms with van der Waals surface area (Å²) in [5.41, 5.74) is 2.02. The summed E-state index contributed by atoms with van der Waals surface area (Å²) in [6.07, 6.45) is 1.76. The highest BCUT2D eigenvalue weighted by atomic mass is 31.2. The van der Waals surface area contributed by atoms with Crippen molar-refractivity contribution in [3.8, 4) is 0 Å². The lowest BCUT2D eigenvalue weighted by Gasteiger charge is -2.28. The lowest BCUT2D eigenvalue weighted by atomic mass is 10.3. The van der Waals surface area contributed by atoms with Crippen LogP contribution in [-0.4, -0.2) is 19.2 Å². The second kappa shape index (κ2) is 10.8. The number of hydrogen-bond acceptors (Lipinski definition) is 2. The van der Waals surface area contributed by atoms with Gasteiger partial charge in [-0.1, -0.05) is 97.6 Å². The van der Waals surface area contributed by atoms with E-state index in [1.54, 1.807) is 6.26 Å². The first-order valence-electron chi connectivity index (χ1n) is 10.1. The maximum atomic E-state index is 6.24. The summed E-state index contributed by atoms with van der Waals surface area (Å²) >= 11 is 0. The third-order valence-corrected chi connectivity index (χ3v) is 8.45. The Morgan fingerprint density at radius 3 is 1.53 bits per heavy atom. The van der Waals surface area contributed by atoms with Crippen LogP contribution in [0.5, 0.6) is 0 Å². The standard InChI is InChI=1S/C27H29O2P/c1-23(2)19-28-20-24(3)21-29-22-30(25-13-7-4-8-14-25,26-15-9-5-10-16-26)27-17-11-6-12-18-27/h4-18,20,22H,1,19,21H2,2-3H3. The Morgan fingerprint density at radius 1 is 0.700 bits per heavy atom. The summed E-state index contributed by atoms with van der Waals surface area (Å²) < 4.78 is 11.8. The van der Waals surface area contributed by atoms with Crippen molar-refractivity contribution >= 4 is 28.8 Å². The normalized spacial score (nSPS) is 11.7. The Balaban J connectivity index is 2.05. The Morgan fingerprint density at radius 2 is 1.13 bits per heavy atom. The summed E-state index contributed by atoms with van der Waals surface area (Å²) in [5.74, 6) is 2.07. The van der Waals surface area contributed by atoms with Crippen LogP contribution in [0.2, 0.25) is 0 Å². The van der Waals surface area contributed by atoms with E-state index in [2.05, 4.69) is 104 Å². The molecule has 0 saturated carbocycles. The molecular formula is C27H29O2P. The third-order valence-electron chi connectivity index (χ3n) is 4.65. The van der Waals surface area contributed by atoms with Crippen LogP contribution in [0.3, 0.4) is 0 Å². The van der Waals surface area contributed by atoms with Crippen molar-refractivity contribution in [3.05, 3.63) is 115 Å². The topological polar surface area (TPSA) is 18.5 Å². The maximum Gasteiger partial charge on any atom is 0.108 e. The largest absolute Gasteiger partial charge is 0.497 e. The van der Waals surface area contributed by atoms with Gasteiger partial charge < -0.3 is 9.47 Å². The highest BCUT2D eigenvalue weighted by Gasteiger charge is 2.25. The number of hydrogen-bond donors (Lipinski definition) is 0. The molecule has 0 aromatic heterocycles. The molecule has 30 heavy (non-hydrogen) atoms. The minimum Gasteiger partial charge on any atom is -0.497 e. The molecule has 3 aromatic rings. The van der Waals surface area contributed by atoms with Crippen LogP contribution in [0, 0.1) is 0 Å². The van der Waals surface area contributed by atoms with Gasteiger partial charge in [-0.2, -0.15) is 0 Å². The van der Waals surface area contributed by atoms with Crippen molar-refractivity contribution in [2.24, 2.45) is 0 Å². The molecule has 0 atom stereocenters. The Kier molecular flexibility index (Phi) is 7.90. The van der Waals surface area contributed by atoms with Crippen molar-refractivity contribution in [1.29, 1.82) is 0 Å². The van der Waals surface area contributed by atoms with Gasteiger partial charge in [-0.3, -0.25) is 0 Å². The molecule has 0 aliphatic rings. The highest BCUT2D eigenvalue weighted by molar-refractivity contribution is 7.94. The molecule has 0 amide bonds. The zero-order valence-electron chi connectivity index (χ0n) is 17.7. The quantitative estimate of drug-likeness (QED) is 0.269. The smallest absolute Gasteiger partial charge is 0.108 e. The van der Waals surface area contributed by atoms with Crippen LogP contribution < -0.4 is 15.9 Å². The zero-order chi connectivity index (χ0) is 21.2. The molecule has 0 bridgehead atoms. The van der Waals surface area contributed by atoms with Crippen molar-refractivity contribution in [3.63, 3.8) is 0 Å². The lowest BCUT2D eigenvalue weighted by molar-refractivity contribution is 0.269. The number of rotatable bonds is 9. The van der Waals surface area contributed by atoms with Gasteiger partial charge in [0.1, 0.15) is 6.61 Å². The number of ether oxygens (including phenoxy) is 2. The van der Waals surface area contributed by atoms with Gasteiger partial charge in [0.25, 0.3) is 0 Å². The van der Waals surface area contributed by atoms with Gasteiger partial charge in [-0.25, -0.2) is 0 Å². The molecule has 0 saturated heterocycles. The monoisotopic (exact) mass is 416 g/mol. The van der Waals surface area contributed by atoms with Crippen molar-refractivity contribution < 1.29 is 9.47 Å². The van der Waals surface area contributed by atoms with Gasteiger partial charge in [-0.05, 0) is 47.8 Å². The van der Waals surface area contributed by atoms with Crippen LogP contribution in [0.1, 0.15) is 13.8 Å². The molecule has 0 aliphatic heterocycles. The zero-order valence-corrected chi connectivity index (χ0v) is 18.6. The van der Waals surface area contributed by atoms with Gasteiger partial charge >= 0.3 is 0 Å². The fraction of sp³-hybridized carbons (Fsp3) is 0.148. The fourth-order valence-electron chi connectivity index (χ4n) is 3.26. The predicted octanol–water partition coefficient (Wildman–Crippen LogP) is 5.25. The summed E-state index contributed by atoms with van der Waals surface area (Å²) in [5, 5.41) is 3.80. The molecule has 0 N–H and O–H groups in total. The molecule has 0 spiro atoms. The molecule has 0 fully saturated rings. The van der Waals surface area contributed by atoms with E-state index in [9.17, 15) is 0 Å². The van der Waals surface area contributed by atoms with Gasteiger partial charge in [0.2, 0.25) is 0 Å². The summed E-state index contributed by atoms with van der Waals surface area (Å²) in [6.45, 7) is 6.74. The van der Waals surface area contributed by atoms with Gasteiger partial charge in [0.05, 0.1) is 12.9 Å². The van der Waals surface area contributed by atoms with E-state index in [1.807, 2.05) is 13.8 Å². The maximum absolute atomic E-state index is 6.24. The van der Waals surface area contributed by atoms with E-state index >= 15 is 0 Å². The first-order valence-corrected chi connectivity index (χ1v) is 11.9.